The zero-order valence-corrected chi connectivity index (χ0v) is 12.2. The summed E-state index contributed by atoms with van der Waals surface area (Å²) in [5.41, 5.74) is 1.28. The summed E-state index contributed by atoms with van der Waals surface area (Å²) in [6.45, 7) is 2.35. The van der Waals surface area contributed by atoms with Crippen LogP contribution in [0.15, 0.2) is 6.07 Å². The standard InChI is InChI=1S/C16H25N3/c1-11-7-8-13(9-11)16-18-14(10-15(17-2)19-16)12-5-3-4-6-12/h10-13H,3-9H2,1-2H3,(H,17,18,19). The molecule has 3 heteroatoms. The van der Waals surface area contributed by atoms with E-state index in [0.29, 0.717) is 11.8 Å². The van der Waals surface area contributed by atoms with Gasteiger partial charge in [0.15, 0.2) is 0 Å². The summed E-state index contributed by atoms with van der Waals surface area (Å²) in [5, 5.41) is 3.21. The van der Waals surface area contributed by atoms with Crippen LogP contribution in [0.3, 0.4) is 0 Å². The van der Waals surface area contributed by atoms with E-state index in [9.17, 15) is 0 Å². The molecular weight excluding hydrogens is 234 g/mol. The molecule has 104 valence electrons. The Kier molecular flexibility index (Phi) is 3.72. The second-order valence-electron chi connectivity index (χ2n) is 6.38. The van der Waals surface area contributed by atoms with Gasteiger partial charge in [-0.15, -0.1) is 0 Å². The third-order valence-corrected chi connectivity index (χ3v) is 4.85. The van der Waals surface area contributed by atoms with E-state index in [2.05, 4.69) is 18.3 Å². The molecule has 1 heterocycles. The predicted molar refractivity (Wildman–Crippen MR) is 78.5 cm³/mol. The Morgan fingerprint density at radius 3 is 2.47 bits per heavy atom. The molecule has 0 spiro atoms. The minimum absolute atomic E-state index is 0.587. The molecule has 3 nitrogen and oxygen atoms in total. The van der Waals surface area contributed by atoms with Gasteiger partial charge in [-0.25, -0.2) is 9.97 Å². The Balaban J connectivity index is 1.88. The van der Waals surface area contributed by atoms with E-state index in [-0.39, 0.29) is 0 Å². The first-order chi connectivity index (χ1) is 9.26. The van der Waals surface area contributed by atoms with E-state index in [4.69, 9.17) is 9.97 Å². The number of hydrogen-bond acceptors (Lipinski definition) is 3. The summed E-state index contributed by atoms with van der Waals surface area (Å²) < 4.78 is 0. The fraction of sp³-hybridized carbons (Fsp3) is 0.750. The molecule has 2 unspecified atom stereocenters. The highest BCUT2D eigenvalue weighted by Crippen LogP contribution is 2.39. The number of nitrogens with zero attached hydrogens (tertiary/aromatic N) is 2. The lowest BCUT2D eigenvalue weighted by Crippen LogP contribution is -2.08. The molecule has 2 aliphatic rings. The minimum Gasteiger partial charge on any atom is -0.373 e. The van der Waals surface area contributed by atoms with Crippen molar-refractivity contribution >= 4 is 5.82 Å². The summed E-state index contributed by atoms with van der Waals surface area (Å²) in [6.07, 6.45) is 9.19. The lowest BCUT2D eigenvalue weighted by molar-refractivity contribution is 0.580. The van der Waals surface area contributed by atoms with Crippen molar-refractivity contribution in [3.05, 3.63) is 17.6 Å². The van der Waals surface area contributed by atoms with Crippen molar-refractivity contribution in [1.82, 2.24) is 9.97 Å². The quantitative estimate of drug-likeness (QED) is 0.888. The minimum atomic E-state index is 0.587. The smallest absolute Gasteiger partial charge is 0.134 e. The van der Waals surface area contributed by atoms with E-state index >= 15 is 0 Å². The lowest BCUT2D eigenvalue weighted by atomic mass is 10.0. The Bertz CT molecular complexity index is 438. The van der Waals surface area contributed by atoms with E-state index in [1.165, 1.54) is 50.6 Å². The van der Waals surface area contributed by atoms with Crippen LogP contribution < -0.4 is 5.32 Å². The summed E-state index contributed by atoms with van der Waals surface area (Å²) in [5.74, 6) is 4.20. The fourth-order valence-corrected chi connectivity index (χ4v) is 3.67. The van der Waals surface area contributed by atoms with Gasteiger partial charge in [0.25, 0.3) is 0 Å². The molecule has 1 N–H and O–H groups in total. The molecule has 0 bridgehead atoms. The maximum absolute atomic E-state index is 4.93. The number of aromatic nitrogens is 2. The first-order valence-electron chi connectivity index (χ1n) is 7.83. The van der Waals surface area contributed by atoms with Gasteiger partial charge in [-0.05, 0) is 38.0 Å². The van der Waals surface area contributed by atoms with Crippen LogP contribution in [0.1, 0.15) is 75.2 Å². The van der Waals surface area contributed by atoms with Crippen molar-refractivity contribution in [2.24, 2.45) is 5.92 Å². The van der Waals surface area contributed by atoms with E-state index < -0.39 is 0 Å². The van der Waals surface area contributed by atoms with Crippen LogP contribution in [0, 0.1) is 5.92 Å². The first-order valence-corrected chi connectivity index (χ1v) is 7.83. The summed E-state index contributed by atoms with van der Waals surface area (Å²) in [4.78, 5) is 9.65. The van der Waals surface area contributed by atoms with E-state index in [1.54, 1.807) is 0 Å². The molecule has 0 radical (unpaired) electrons. The molecule has 0 saturated heterocycles. The number of nitrogens with one attached hydrogen (secondary N) is 1. The van der Waals surface area contributed by atoms with Crippen molar-refractivity contribution < 1.29 is 0 Å². The molecule has 2 fully saturated rings. The normalized spacial score (nSPS) is 27.9. The second kappa shape index (κ2) is 5.48. The van der Waals surface area contributed by atoms with Gasteiger partial charge in [0.05, 0.1) is 0 Å². The molecule has 2 atom stereocenters. The Morgan fingerprint density at radius 2 is 1.84 bits per heavy atom. The van der Waals surface area contributed by atoms with Crippen LogP contribution in [0.5, 0.6) is 0 Å². The SMILES string of the molecule is CNc1cc(C2CCCC2)nc(C2CCC(C)C2)n1. The van der Waals surface area contributed by atoms with E-state index in [0.717, 1.165) is 17.6 Å². The van der Waals surface area contributed by atoms with Crippen LogP contribution in [-0.4, -0.2) is 17.0 Å². The van der Waals surface area contributed by atoms with Gasteiger partial charge in [0.1, 0.15) is 11.6 Å². The highest BCUT2D eigenvalue weighted by atomic mass is 15.0. The molecule has 0 aromatic carbocycles. The summed E-state index contributed by atoms with van der Waals surface area (Å²) >= 11 is 0. The van der Waals surface area contributed by atoms with Gasteiger partial charge in [-0.3, -0.25) is 0 Å². The van der Waals surface area contributed by atoms with Crippen LogP contribution in [-0.2, 0) is 0 Å². The lowest BCUT2D eigenvalue weighted by Gasteiger charge is -2.15. The number of rotatable bonds is 3. The van der Waals surface area contributed by atoms with Gasteiger partial charge in [-0.2, -0.15) is 0 Å². The average Bonchev–Trinajstić information content (AvgIpc) is 3.09. The highest BCUT2D eigenvalue weighted by Gasteiger charge is 2.27. The van der Waals surface area contributed by atoms with Crippen LogP contribution in [0.2, 0.25) is 0 Å². The second-order valence-corrected chi connectivity index (χ2v) is 6.38. The third kappa shape index (κ3) is 2.75. The molecule has 3 rings (SSSR count). The topological polar surface area (TPSA) is 37.8 Å². The van der Waals surface area contributed by atoms with Crippen LogP contribution in [0.4, 0.5) is 5.82 Å². The van der Waals surface area contributed by atoms with Crippen molar-refractivity contribution in [3.63, 3.8) is 0 Å². The van der Waals surface area contributed by atoms with Crippen molar-refractivity contribution in [1.29, 1.82) is 0 Å². The molecule has 2 saturated carbocycles. The molecule has 1 aromatic rings. The monoisotopic (exact) mass is 259 g/mol. The zero-order valence-electron chi connectivity index (χ0n) is 12.2. The predicted octanol–water partition coefficient (Wildman–Crippen LogP) is 4.08. The van der Waals surface area contributed by atoms with Crippen molar-refractivity contribution in [2.75, 3.05) is 12.4 Å². The van der Waals surface area contributed by atoms with Gasteiger partial charge in [0, 0.05) is 30.6 Å². The third-order valence-electron chi connectivity index (χ3n) is 4.85. The largest absolute Gasteiger partial charge is 0.373 e. The van der Waals surface area contributed by atoms with Gasteiger partial charge in [0.2, 0.25) is 0 Å². The Hall–Kier alpha value is -1.12. The fourth-order valence-electron chi connectivity index (χ4n) is 3.67. The molecule has 0 amide bonds. The van der Waals surface area contributed by atoms with Gasteiger partial charge in [-0.1, -0.05) is 19.8 Å². The number of hydrogen-bond donors (Lipinski definition) is 1. The maximum atomic E-state index is 4.93. The van der Waals surface area contributed by atoms with Crippen LogP contribution >= 0.6 is 0 Å². The maximum Gasteiger partial charge on any atom is 0.134 e. The van der Waals surface area contributed by atoms with Gasteiger partial charge >= 0.3 is 0 Å². The first kappa shape index (κ1) is 12.9. The highest BCUT2D eigenvalue weighted by molar-refractivity contribution is 5.37. The van der Waals surface area contributed by atoms with Crippen molar-refractivity contribution in [2.45, 2.75) is 63.7 Å². The summed E-state index contributed by atoms with van der Waals surface area (Å²) in [6, 6.07) is 2.16. The molecular formula is C16H25N3. The van der Waals surface area contributed by atoms with E-state index in [1.807, 2.05) is 7.05 Å². The Labute approximate surface area is 116 Å². The van der Waals surface area contributed by atoms with Crippen LogP contribution in [0.25, 0.3) is 0 Å². The molecule has 1 aromatic heterocycles. The molecule has 2 aliphatic carbocycles. The Morgan fingerprint density at radius 1 is 1.05 bits per heavy atom. The average molecular weight is 259 g/mol. The molecule has 0 aliphatic heterocycles. The summed E-state index contributed by atoms with van der Waals surface area (Å²) in [7, 11) is 1.96. The molecule has 19 heavy (non-hydrogen) atoms. The number of anilines is 1. The van der Waals surface area contributed by atoms with Gasteiger partial charge < -0.3 is 5.32 Å². The van der Waals surface area contributed by atoms with Crippen molar-refractivity contribution in [3.8, 4) is 0 Å². The zero-order chi connectivity index (χ0) is 13.2.